The second-order valence-electron chi connectivity index (χ2n) is 6.32. The largest absolute Gasteiger partial charge is 0.497 e. The molecule has 0 radical (unpaired) electrons. The molecule has 0 amide bonds. The van der Waals surface area contributed by atoms with Crippen molar-refractivity contribution in [1.29, 1.82) is 0 Å². The lowest BCUT2D eigenvalue weighted by atomic mass is 9.95. The van der Waals surface area contributed by atoms with E-state index in [0.29, 0.717) is 24.4 Å². The van der Waals surface area contributed by atoms with E-state index in [4.69, 9.17) is 9.47 Å². The number of nitrogens with one attached hydrogen (secondary N) is 2. The fraction of sp³-hybridized carbons (Fsp3) is 0.632. The molecule has 1 aliphatic rings. The third kappa shape index (κ3) is 8.25. The number of rotatable bonds is 8. The molecule has 154 valence electrons. The van der Waals surface area contributed by atoms with Crippen LogP contribution in [0.1, 0.15) is 32.6 Å². The molecule has 2 rings (SSSR count). The topological polar surface area (TPSA) is 72.0 Å². The Labute approximate surface area is 182 Å². The number of benzene rings is 1. The van der Waals surface area contributed by atoms with Crippen LogP contribution in [0.3, 0.4) is 0 Å². The van der Waals surface area contributed by atoms with E-state index in [1.54, 1.807) is 14.2 Å². The normalized spacial score (nSPS) is 20.9. The number of guanidine groups is 1. The monoisotopic (exact) mass is 509 g/mol. The van der Waals surface area contributed by atoms with Crippen LogP contribution in [0, 0.1) is 0 Å². The van der Waals surface area contributed by atoms with Crippen LogP contribution < -0.4 is 20.1 Å². The highest BCUT2D eigenvalue weighted by Crippen LogP contribution is 2.23. The van der Waals surface area contributed by atoms with E-state index < -0.39 is 10.8 Å². The summed E-state index contributed by atoms with van der Waals surface area (Å²) in [6.45, 7) is 3.19. The molecular formula is C19H32IN3O3S. The molecular weight excluding hydrogens is 477 g/mol. The van der Waals surface area contributed by atoms with Crippen LogP contribution in [-0.4, -0.2) is 54.5 Å². The van der Waals surface area contributed by atoms with E-state index in [0.717, 1.165) is 48.9 Å². The molecule has 1 saturated carbocycles. The molecule has 1 aromatic carbocycles. The average molecular weight is 509 g/mol. The molecule has 1 aliphatic carbocycles. The predicted octanol–water partition coefficient (Wildman–Crippen LogP) is 2.94. The number of hydrogen-bond acceptors (Lipinski definition) is 4. The number of methoxy groups -OCH3 is 1. The lowest BCUT2D eigenvalue weighted by molar-refractivity contribution is 0.320. The van der Waals surface area contributed by atoms with Crippen molar-refractivity contribution in [3.63, 3.8) is 0 Å². The Morgan fingerprint density at radius 2 is 1.96 bits per heavy atom. The standard InChI is InChI=1S/C19H31N3O3S.HI/c1-4-26(23)18-7-5-6-15(14-18)22-19(20-2)21-12-13-25-17-10-8-16(24-3)9-11-17;/h8-11,15,18H,4-7,12-14H2,1-3H3,(H2,20,21,22);1H. The van der Waals surface area contributed by atoms with Crippen molar-refractivity contribution in [2.24, 2.45) is 4.99 Å². The maximum Gasteiger partial charge on any atom is 0.191 e. The van der Waals surface area contributed by atoms with Gasteiger partial charge in [0, 0.05) is 34.9 Å². The first-order valence-electron chi connectivity index (χ1n) is 9.27. The first kappa shape index (κ1) is 24.0. The summed E-state index contributed by atoms with van der Waals surface area (Å²) < 4.78 is 22.9. The van der Waals surface area contributed by atoms with Gasteiger partial charge in [-0.25, -0.2) is 0 Å². The van der Waals surface area contributed by atoms with E-state index in [2.05, 4.69) is 15.6 Å². The molecule has 3 atom stereocenters. The van der Waals surface area contributed by atoms with Gasteiger partial charge in [0.2, 0.25) is 0 Å². The lowest BCUT2D eigenvalue weighted by Crippen LogP contribution is -2.47. The smallest absolute Gasteiger partial charge is 0.191 e. The molecule has 1 aromatic rings. The van der Waals surface area contributed by atoms with Crippen LogP contribution in [-0.2, 0) is 10.8 Å². The molecule has 0 saturated heterocycles. The van der Waals surface area contributed by atoms with Gasteiger partial charge in [-0.1, -0.05) is 13.3 Å². The Hall–Kier alpha value is -1.03. The minimum Gasteiger partial charge on any atom is -0.497 e. The third-order valence-corrected chi connectivity index (χ3v) is 6.31. The molecule has 3 unspecified atom stereocenters. The van der Waals surface area contributed by atoms with Gasteiger partial charge < -0.3 is 20.1 Å². The van der Waals surface area contributed by atoms with Gasteiger partial charge in [-0.3, -0.25) is 9.20 Å². The van der Waals surface area contributed by atoms with Gasteiger partial charge >= 0.3 is 0 Å². The highest BCUT2D eigenvalue weighted by molar-refractivity contribution is 14.0. The second kappa shape index (κ2) is 13.2. The zero-order valence-electron chi connectivity index (χ0n) is 16.4. The van der Waals surface area contributed by atoms with Gasteiger partial charge in [-0.05, 0) is 43.5 Å². The van der Waals surface area contributed by atoms with E-state index >= 15 is 0 Å². The Balaban J connectivity index is 0.00000364. The predicted molar refractivity (Wildman–Crippen MR) is 123 cm³/mol. The first-order chi connectivity index (χ1) is 12.7. The van der Waals surface area contributed by atoms with Crippen LogP contribution in [0.2, 0.25) is 0 Å². The first-order valence-corrected chi connectivity index (χ1v) is 10.7. The van der Waals surface area contributed by atoms with Crippen LogP contribution in [0.5, 0.6) is 11.5 Å². The van der Waals surface area contributed by atoms with E-state index in [1.807, 2.05) is 31.2 Å². The Morgan fingerprint density at radius 3 is 2.59 bits per heavy atom. The summed E-state index contributed by atoms with van der Waals surface area (Å²) in [5, 5.41) is 7.05. The van der Waals surface area contributed by atoms with Crippen molar-refractivity contribution < 1.29 is 13.7 Å². The lowest BCUT2D eigenvalue weighted by Gasteiger charge is -2.30. The quantitative estimate of drug-likeness (QED) is 0.244. The van der Waals surface area contributed by atoms with Crippen LogP contribution in [0.15, 0.2) is 29.3 Å². The van der Waals surface area contributed by atoms with Crippen molar-refractivity contribution >= 4 is 40.7 Å². The van der Waals surface area contributed by atoms with E-state index in [9.17, 15) is 4.21 Å². The highest BCUT2D eigenvalue weighted by atomic mass is 127. The average Bonchev–Trinajstić information content (AvgIpc) is 2.70. The Morgan fingerprint density at radius 1 is 1.26 bits per heavy atom. The highest BCUT2D eigenvalue weighted by Gasteiger charge is 2.25. The van der Waals surface area contributed by atoms with Crippen molar-refractivity contribution in [3.05, 3.63) is 24.3 Å². The maximum absolute atomic E-state index is 12.1. The van der Waals surface area contributed by atoms with E-state index in [1.165, 1.54) is 0 Å². The molecule has 2 N–H and O–H groups in total. The van der Waals surface area contributed by atoms with Crippen molar-refractivity contribution in [1.82, 2.24) is 10.6 Å². The number of ether oxygens (including phenoxy) is 2. The maximum atomic E-state index is 12.1. The molecule has 0 spiro atoms. The Kier molecular flexibility index (Phi) is 11.7. The molecule has 0 aromatic heterocycles. The molecule has 27 heavy (non-hydrogen) atoms. The number of aliphatic imine (C=N–C) groups is 1. The minimum atomic E-state index is -0.711. The summed E-state index contributed by atoms with van der Waals surface area (Å²) in [5.41, 5.74) is 0. The number of halogens is 1. The summed E-state index contributed by atoms with van der Waals surface area (Å²) in [6, 6.07) is 7.87. The van der Waals surface area contributed by atoms with Gasteiger partial charge in [0.05, 0.1) is 13.7 Å². The van der Waals surface area contributed by atoms with Gasteiger partial charge in [0.25, 0.3) is 0 Å². The molecule has 0 heterocycles. The zero-order valence-corrected chi connectivity index (χ0v) is 19.5. The minimum absolute atomic E-state index is 0. The van der Waals surface area contributed by atoms with Crippen LogP contribution in [0.25, 0.3) is 0 Å². The second-order valence-corrected chi connectivity index (χ2v) is 8.33. The summed E-state index contributed by atoms with van der Waals surface area (Å²) >= 11 is 0. The third-order valence-electron chi connectivity index (χ3n) is 4.57. The van der Waals surface area contributed by atoms with E-state index in [-0.39, 0.29) is 24.0 Å². The SMILES string of the molecule is CCS(=O)C1CCCC(NC(=NC)NCCOc2ccc(OC)cc2)C1.I. The number of nitrogens with zero attached hydrogens (tertiary/aromatic N) is 1. The number of hydrogen-bond donors (Lipinski definition) is 2. The van der Waals surface area contributed by atoms with Crippen LogP contribution >= 0.6 is 24.0 Å². The molecule has 0 aliphatic heterocycles. The van der Waals surface area contributed by atoms with Crippen LogP contribution in [0.4, 0.5) is 0 Å². The van der Waals surface area contributed by atoms with Crippen molar-refractivity contribution in [3.8, 4) is 11.5 Å². The van der Waals surface area contributed by atoms with Gasteiger partial charge in [0.15, 0.2) is 5.96 Å². The molecule has 0 bridgehead atoms. The molecule has 1 fully saturated rings. The summed E-state index contributed by atoms with van der Waals surface area (Å²) in [5.74, 6) is 3.14. The zero-order chi connectivity index (χ0) is 18.8. The van der Waals surface area contributed by atoms with Crippen molar-refractivity contribution in [2.45, 2.75) is 43.9 Å². The summed E-state index contributed by atoms with van der Waals surface area (Å²) in [6.07, 6.45) is 4.23. The molecule has 8 heteroatoms. The van der Waals surface area contributed by atoms with Gasteiger partial charge in [-0.15, -0.1) is 24.0 Å². The van der Waals surface area contributed by atoms with Crippen molar-refractivity contribution in [2.75, 3.05) is 33.1 Å². The molecule has 6 nitrogen and oxygen atoms in total. The van der Waals surface area contributed by atoms with Gasteiger partial charge in [0.1, 0.15) is 18.1 Å². The van der Waals surface area contributed by atoms with Gasteiger partial charge in [-0.2, -0.15) is 0 Å². The summed E-state index contributed by atoms with van der Waals surface area (Å²) in [7, 11) is 2.70. The summed E-state index contributed by atoms with van der Waals surface area (Å²) in [4.78, 5) is 4.29. The Bertz CT molecular complexity index is 598. The fourth-order valence-corrected chi connectivity index (χ4v) is 4.50. The fourth-order valence-electron chi connectivity index (χ4n) is 3.15.